The van der Waals surface area contributed by atoms with Crippen molar-refractivity contribution in [1.82, 2.24) is 14.8 Å². The Balaban J connectivity index is 1.22. The molecule has 1 atom stereocenters. The highest BCUT2D eigenvalue weighted by Crippen LogP contribution is 2.29. The number of likely N-dealkylation sites (tertiary alicyclic amines) is 1. The standard InChI is InChI=1S/C22H34N4O/c27-22(16-19-6-1-2-7-19)26-11-5-8-20(18-26)17-24-12-14-25(15-13-24)21-9-3-4-10-23-21/h3-4,9-10,19-20H,1-2,5-8,11-18H2. The second-order valence-corrected chi connectivity index (χ2v) is 8.68. The van der Waals surface area contributed by atoms with Crippen LogP contribution in [0.3, 0.4) is 0 Å². The Bertz CT molecular complexity index is 594. The summed E-state index contributed by atoms with van der Waals surface area (Å²) in [7, 11) is 0. The molecule has 2 saturated heterocycles. The van der Waals surface area contributed by atoms with Gasteiger partial charge in [0.1, 0.15) is 5.82 Å². The van der Waals surface area contributed by atoms with Crippen LogP contribution in [0, 0.1) is 11.8 Å². The molecule has 1 aromatic rings. The van der Waals surface area contributed by atoms with E-state index in [1.807, 2.05) is 12.3 Å². The number of aromatic nitrogens is 1. The van der Waals surface area contributed by atoms with Gasteiger partial charge in [-0.05, 0) is 49.7 Å². The third-order valence-electron chi connectivity index (χ3n) is 6.67. The van der Waals surface area contributed by atoms with Crippen LogP contribution in [0.1, 0.15) is 44.9 Å². The molecule has 3 aliphatic rings. The lowest BCUT2D eigenvalue weighted by Crippen LogP contribution is -2.50. The minimum Gasteiger partial charge on any atom is -0.354 e. The van der Waals surface area contributed by atoms with Gasteiger partial charge in [-0.25, -0.2) is 4.98 Å². The van der Waals surface area contributed by atoms with Crippen molar-refractivity contribution in [2.24, 2.45) is 11.8 Å². The third-order valence-corrected chi connectivity index (χ3v) is 6.67. The Hall–Kier alpha value is -1.62. The van der Waals surface area contributed by atoms with Crippen molar-refractivity contribution in [3.8, 4) is 0 Å². The molecule has 2 aliphatic heterocycles. The van der Waals surface area contributed by atoms with Gasteiger partial charge in [-0.3, -0.25) is 9.69 Å². The Labute approximate surface area is 163 Å². The van der Waals surface area contributed by atoms with E-state index in [2.05, 4.69) is 31.8 Å². The number of hydrogen-bond acceptors (Lipinski definition) is 4. The highest BCUT2D eigenvalue weighted by Gasteiger charge is 2.28. The number of piperidine rings is 1. The first-order valence-electron chi connectivity index (χ1n) is 10.9. The number of piperazine rings is 1. The van der Waals surface area contributed by atoms with Crippen LogP contribution in [0.25, 0.3) is 0 Å². The van der Waals surface area contributed by atoms with Crippen molar-refractivity contribution in [1.29, 1.82) is 0 Å². The molecule has 3 fully saturated rings. The van der Waals surface area contributed by atoms with Crippen LogP contribution in [0.15, 0.2) is 24.4 Å². The number of nitrogens with zero attached hydrogens (tertiary/aromatic N) is 4. The van der Waals surface area contributed by atoms with Gasteiger partial charge in [-0.2, -0.15) is 0 Å². The van der Waals surface area contributed by atoms with E-state index in [-0.39, 0.29) is 0 Å². The van der Waals surface area contributed by atoms with Crippen molar-refractivity contribution >= 4 is 11.7 Å². The van der Waals surface area contributed by atoms with Crippen LogP contribution in [0.5, 0.6) is 0 Å². The lowest BCUT2D eigenvalue weighted by Gasteiger charge is -2.39. The van der Waals surface area contributed by atoms with E-state index < -0.39 is 0 Å². The predicted molar refractivity (Wildman–Crippen MR) is 109 cm³/mol. The molecule has 5 heteroatoms. The van der Waals surface area contributed by atoms with Crippen molar-refractivity contribution in [2.45, 2.75) is 44.9 Å². The second kappa shape index (κ2) is 9.05. The van der Waals surface area contributed by atoms with Crippen LogP contribution < -0.4 is 4.90 Å². The van der Waals surface area contributed by atoms with E-state index in [0.717, 1.165) is 58.1 Å². The quantitative estimate of drug-likeness (QED) is 0.799. The summed E-state index contributed by atoms with van der Waals surface area (Å²) in [6.45, 7) is 7.40. The van der Waals surface area contributed by atoms with Gasteiger partial charge in [0.15, 0.2) is 0 Å². The molecule has 0 N–H and O–H groups in total. The Morgan fingerprint density at radius 1 is 0.963 bits per heavy atom. The molecule has 1 aliphatic carbocycles. The number of rotatable bonds is 5. The van der Waals surface area contributed by atoms with Gasteiger partial charge in [0.2, 0.25) is 5.91 Å². The summed E-state index contributed by atoms with van der Waals surface area (Å²) >= 11 is 0. The molecule has 0 aromatic carbocycles. The lowest BCUT2D eigenvalue weighted by atomic mass is 9.95. The fraction of sp³-hybridized carbons (Fsp3) is 0.727. The molecule has 1 amide bonds. The zero-order chi connectivity index (χ0) is 18.5. The first kappa shape index (κ1) is 18.7. The van der Waals surface area contributed by atoms with Crippen molar-refractivity contribution in [3.05, 3.63) is 24.4 Å². The van der Waals surface area contributed by atoms with Gasteiger partial charge in [0.25, 0.3) is 0 Å². The highest BCUT2D eigenvalue weighted by molar-refractivity contribution is 5.76. The molecule has 27 heavy (non-hydrogen) atoms. The van der Waals surface area contributed by atoms with Gasteiger partial charge in [0.05, 0.1) is 0 Å². The molecule has 5 nitrogen and oxygen atoms in total. The van der Waals surface area contributed by atoms with Gasteiger partial charge in [0, 0.05) is 58.4 Å². The molecule has 3 heterocycles. The molecular formula is C22H34N4O. The molecule has 1 aromatic heterocycles. The SMILES string of the molecule is O=C(CC1CCCC1)N1CCCC(CN2CCN(c3ccccn3)CC2)C1. The molecule has 0 radical (unpaired) electrons. The van der Waals surface area contributed by atoms with Gasteiger partial charge in [-0.15, -0.1) is 0 Å². The maximum atomic E-state index is 12.7. The third kappa shape index (κ3) is 5.01. The van der Waals surface area contributed by atoms with E-state index in [1.165, 1.54) is 38.5 Å². The average molecular weight is 371 g/mol. The van der Waals surface area contributed by atoms with E-state index >= 15 is 0 Å². The zero-order valence-electron chi connectivity index (χ0n) is 16.6. The number of amides is 1. The van der Waals surface area contributed by atoms with E-state index in [0.29, 0.717) is 17.7 Å². The summed E-state index contributed by atoms with van der Waals surface area (Å²) < 4.78 is 0. The smallest absolute Gasteiger partial charge is 0.222 e. The first-order valence-corrected chi connectivity index (χ1v) is 10.9. The summed E-state index contributed by atoms with van der Waals surface area (Å²) in [5.41, 5.74) is 0. The Kier molecular flexibility index (Phi) is 6.28. The Morgan fingerprint density at radius 3 is 2.48 bits per heavy atom. The molecule has 0 bridgehead atoms. The second-order valence-electron chi connectivity index (χ2n) is 8.68. The monoisotopic (exact) mass is 370 g/mol. The topological polar surface area (TPSA) is 39.7 Å². The van der Waals surface area contributed by atoms with Gasteiger partial charge >= 0.3 is 0 Å². The minimum absolute atomic E-state index is 0.423. The van der Waals surface area contributed by atoms with E-state index in [9.17, 15) is 4.79 Å². The normalized spacial score (nSPS) is 25.1. The van der Waals surface area contributed by atoms with E-state index in [4.69, 9.17) is 0 Å². The molecule has 148 valence electrons. The fourth-order valence-corrected chi connectivity index (χ4v) is 5.10. The van der Waals surface area contributed by atoms with Gasteiger partial charge < -0.3 is 9.80 Å². The fourth-order valence-electron chi connectivity index (χ4n) is 5.10. The number of hydrogen-bond donors (Lipinski definition) is 0. The molecule has 4 rings (SSSR count). The first-order chi connectivity index (χ1) is 13.3. The van der Waals surface area contributed by atoms with Crippen LogP contribution >= 0.6 is 0 Å². The maximum Gasteiger partial charge on any atom is 0.222 e. The summed E-state index contributed by atoms with van der Waals surface area (Å²) in [5.74, 6) is 2.83. The molecule has 1 unspecified atom stereocenters. The summed E-state index contributed by atoms with van der Waals surface area (Å²) in [5, 5.41) is 0. The number of anilines is 1. The highest BCUT2D eigenvalue weighted by atomic mass is 16.2. The number of carbonyl (C=O) groups excluding carboxylic acids is 1. The van der Waals surface area contributed by atoms with Crippen LogP contribution in [0.2, 0.25) is 0 Å². The molecular weight excluding hydrogens is 336 g/mol. The van der Waals surface area contributed by atoms with Crippen LogP contribution in [-0.2, 0) is 4.79 Å². The zero-order valence-corrected chi connectivity index (χ0v) is 16.6. The number of pyridine rings is 1. The van der Waals surface area contributed by atoms with Crippen LogP contribution in [0.4, 0.5) is 5.82 Å². The predicted octanol–water partition coefficient (Wildman–Crippen LogP) is 3.02. The molecule has 0 spiro atoms. The summed E-state index contributed by atoms with van der Waals surface area (Å²) in [4.78, 5) is 24.3. The van der Waals surface area contributed by atoms with E-state index in [1.54, 1.807) is 0 Å². The number of carbonyl (C=O) groups is 1. The van der Waals surface area contributed by atoms with Gasteiger partial charge in [-0.1, -0.05) is 18.9 Å². The average Bonchev–Trinajstić information content (AvgIpc) is 3.22. The van der Waals surface area contributed by atoms with Crippen molar-refractivity contribution < 1.29 is 4.79 Å². The summed E-state index contributed by atoms with van der Waals surface area (Å²) in [6.07, 6.45) is 10.3. The minimum atomic E-state index is 0.423. The molecule has 1 saturated carbocycles. The van der Waals surface area contributed by atoms with Crippen molar-refractivity contribution in [3.63, 3.8) is 0 Å². The largest absolute Gasteiger partial charge is 0.354 e. The lowest BCUT2D eigenvalue weighted by molar-refractivity contribution is -0.134. The Morgan fingerprint density at radius 2 is 1.74 bits per heavy atom. The maximum absolute atomic E-state index is 12.7. The van der Waals surface area contributed by atoms with Crippen LogP contribution in [-0.4, -0.2) is 66.5 Å². The summed E-state index contributed by atoms with van der Waals surface area (Å²) in [6, 6.07) is 6.14. The van der Waals surface area contributed by atoms with Crippen molar-refractivity contribution in [2.75, 3.05) is 50.7 Å².